The fraction of sp³-hybridized carbons (Fsp3) is 0.786. The average molecular weight is 249 g/mol. The second-order valence-electron chi connectivity index (χ2n) is 5.60. The molecule has 18 heavy (non-hydrogen) atoms. The lowest BCUT2D eigenvalue weighted by atomic mass is 9.93. The maximum absolute atomic E-state index is 5.86. The van der Waals surface area contributed by atoms with Crippen molar-refractivity contribution in [3.63, 3.8) is 0 Å². The molecule has 1 atom stereocenters. The van der Waals surface area contributed by atoms with Crippen molar-refractivity contribution < 1.29 is 4.74 Å². The zero-order chi connectivity index (χ0) is 12.4. The molecule has 1 saturated heterocycles. The van der Waals surface area contributed by atoms with Crippen LogP contribution in [0.4, 0.5) is 0 Å². The molecule has 0 radical (unpaired) electrons. The van der Waals surface area contributed by atoms with Crippen LogP contribution < -0.4 is 0 Å². The number of hydrogen-bond donors (Lipinski definition) is 1. The van der Waals surface area contributed by atoms with Crippen LogP contribution in [0.25, 0.3) is 0 Å². The van der Waals surface area contributed by atoms with Gasteiger partial charge in [0.05, 0.1) is 6.61 Å². The monoisotopic (exact) mass is 249 g/mol. The molecule has 3 rings (SSSR count). The molecule has 1 aliphatic carbocycles. The Morgan fingerprint density at radius 2 is 2.17 bits per heavy atom. The van der Waals surface area contributed by atoms with Gasteiger partial charge >= 0.3 is 0 Å². The molecule has 0 aromatic carbocycles. The van der Waals surface area contributed by atoms with Crippen molar-refractivity contribution in [3.8, 4) is 0 Å². The molecular formula is C14H23N3O. The molecule has 1 saturated carbocycles. The van der Waals surface area contributed by atoms with Crippen LogP contribution >= 0.6 is 0 Å². The van der Waals surface area contributed by atoms with Gasteiger partial charge in [-0.15, -0.1) is 0 Å². The Labute approximate surface area is 109 Å². The molecule has 0 unspecified atom stereocenters. The zero-order valence-corrected chi connectivity index (χ0v) is 11.2. The minimum Gasteiger partial charge on any atom is -0.368 e. The van der Waals surface area contributed by atoms with Crippen LogP contribution in [0, 0.1) is 6.92 Å². The first-order valence-electron chi connectivity index (χ1n) is 7.20. The summed E-state index contributed by atoms with van der Waals surface area (Å²) in [6, 6.07) is 0.779. The highest BCUT2D eigenvalue weighted by Gasteiger charge is 2.29. The van der Waals surface area contributed by atoms with Gasteiger partial charge < -0.3 is 9.72 Å². The molecule has 1 aliphatic heterocycles. The minimum absolute atomic E-state index is 0.134. The Morgan fingerprint density at radius 1 is 1.33 bits per heavy atom. The van der Waals surface area contributed by atoms with E-state index in [9.17, 15) is 0 Å². The fourth-order valence-electron chi connectivity index (χ4n) is 3.21. The summed E-state index contributed by atoms with van der Waals surface area (Å²) in [5.74, 6) is 0.994. The largest absolute Gasteiger partial charge is 0.368 e. The van der Waals surface area contributed by atoms with Crippen molar-refractivity contribution in [2.24, 2.45) is 0 Å². The van der Waals surface area contributed by atoms with E-state index in [4.69, 9.17) is 4.74 Å². The van der Waals surface area contributed by atoms with Crippen LogP contribution in [0.3, 0.4) is 0 Å². The molecule has 0 spiro atoms. The lowest BCUT2D eigenvalue weighted by molar-refractivity contribution is -0.0533. The van der Waals surface area contributed by atoms with E-state index < -0.39 is 0 Å². The summed E-state index contributed by atoms with van der Waals surface area (Å²) in [6.45, 7) is 4.96. The zero-order valence-electron chi connectivity index (χ0n) is 11.2. The Kier molecular flexibility index (Phi) is 3.66. The van der Waals surface area contributed by atoms with E-state index in [0.717, 1.165) is 37.3 Å². The van der Waals surface area contributed by atoms with Gasteiger partial charge in [-0.1, -0.05) is 19.3 Å². The second kappa shape index (κ2) is 5.41. The number of nitrogens with one attached hydrogen (secondary N) is 1. The number of H-pyrrole nitrogens is 1. The Morgan fingerprint density at radius 3 is 2.89 bits per heavy atom. The van der Waals surface area contributed by atoms with Gasteiger partial charge in [-0.2, -0.15) is 0 Å². The molecule has 2 aliphatic rings. The van der Waals surface area contributed by atoms with Gasteiger partial charge in [-0.05, 0) is 19.8 Å². The summed E-state index contributed by atoms with van der Waals surface area (Å²) in [7, 11) is 0. The molecule has 100 valence electrons. The highest BCUT2D eigenvalue weighted by molar-refractivity contribution is 5.03. The number of imidazole rings is 1. The van der Waals surface area contributed by atoms with Gasteiger partial charge in [0.2, 0.25) is 0 Å². The van der Waals surface area contributed by atoms with E-state index in [2.05, 4.69) is 14.9 Å². The quantitative estimate of drug-likeness (QED) is 0.875. The molecule has 4 nitrogen and oxygen atoms in total. The van der Waals surface area contributed by atoms with Crippen molar-refractivity contribution in [3.05, 3.63) is 17.7 Å². The summed E-state index contributed by atoms with van der Waals surface area (Å²) in [5, 5.41) is 0. The van der Waals surface area contributed by atoms with E-state index in [1.165, 1.54) is 32.1 Å². The lowest BCUT2D eigenvalue weighted by Crippen LogP contribution is -2.45. The number of aromatic amines is 1. The molecule has 4 heteroatoms. The van der Waals surface area contributed by atoms with E-state index in [1.54, 1.807) is 0 Å². The van der Waals surface area contributed by atoms with Crippen LogP contribution in [0.2, 0.25) is 0 Å². The summed E-state index contributed by atoms with van der Waals surface area (Å²) < 4.78 is 5.86. The molecule has 1 N–H and O–H groups in total. The van der Waals surface area contributed by atoms with Crippen molar-refractivity contribution in [1.29, 1.82) is 0 Å². The average Bonchev–Trinajstić information content (AvgIpc) is 2.87. The van der Waals surface area contributed by atoms with Crippen molar-refractivity contribution in [2.75, 3.05) is 19.7 Å². The summed E-state index contributed by atoms with van der Waals surface area (Å²) in [6.07, 6.45) is 8.96. The van der Waals surface area contributed by atoms with Crippen molar-refractivity contribution in [2.45, 2.75) is 51.2 Å². The van der Waals surface area contributed by atoms with E-state index >= 15 is 0 Å². The third kappa shape index (κ3) is 2.59. The number of morpholine rings is 1. The predicted octanol–water partition coefficient (Wildman–Crippen LogP) is 2.42. The smallest absolute Gasteiger partial charge is 0.136 e. The molecule has 2 heterocycles. The first-order valence-corrected chi connectivity index (χ1v) is 7.20. The van der Waals surface area contributed by atoms with Crippen LogP contribution in [-0.2, 0) is 4.74 Å². The molecular weight excluding hydrogens is 226 g/mol. The number of rotatable bonds is 2. The Balaban J connectivity index is 1.64. The second-order valence-corrected chi connectivity index (χ2v) is 5.60. The van der Waals surface area contributed by atoms with Gasteiger partial charge in [0.25, 0.3) is 0 Å². The molecule has 0 amide bonds. The van der Waals surface area contributed by atoms with Crippen molar-refractivity contribution in [1.82, 2.24) is 14.9 Å². The van der Waals surface area contributed by atoms with Gasteiger partial charge in [-0.25, -0.2) is 4.98 Å². The normalized spacial score (nSPS) is 27.5. The van der Waals surface area contributed by atoms with Gasteiger partial charge in [-0.3, -0.25) is 4.90 Å². The first-order chi connectivity index (χ1) is 8.83. The number of nitrogens with zero attached hydrogens (tertiary/aromatic N) is 2. The number of aryl methyl sites for hydroxylation is 1. The maximum atomic E-state index is 5.86. The highest BCUT2D eigenvalue weighted by Crippen LogP contribution is 2.27. The summed E-state index contributed by atoms with van der Waals surface area (Å²) in [5.41, 5.74) is 1.11. The Hall–Kier alpha value is -0.870. The van der Waals surface area contributed by atoms with Gasteiger partial charge in [0, 0.05) is 31.0 Å². The number of aromatic nitrogens is 2. The van der Waals surface area contributed by atoms with E-state index in [-0.39, 0.29) is 6.10 Å². The van der Waals surface area contributed by atoms with E-state index in [1.807, 2.05) is 13.1 Å². The first kappa shape index (κ1) is 12.2. The maximum Gasteiger partial charge on any atom is 0.136 e. The third-order valence-electron chi connectivity index (χ3n) is 4.22. The summed E-state index contributed by atoms with van der Waals surface area (Å²) >= 11 is 0. The fourth-order valence-corrected chi connectivity index (χ4v) is 3.21. The third-order valence-corrected chi connectivity index (χ3v) is 4.22. The molecule has 1 aromatic rings. The van der Waals surface area contributed by atoms with Crippen LogP contribution in [-0.4, -0.2) is 40.6 Å². The lowest BCUT2D eigenvalue weighted by Gasteiger charge is -2.39. The predicted molar refractivity (Wildman–Crippen MR) is 70.5 cm³/mol. The van der Waals surface area contributed by atoms with E-state index in [0.29, 0.717) is 0 Å². The van der Waals surface area contributed by atoms with Crippen molar-refractivity contribution >= 4 is 0 Å². The topological polar surface area (TPSA) is 41.2 Å². The summed E-state index contributed by atoms with van der Waals surface area (Å²) in [4.78, 5) is 10.3. The molecule has 1 aromatic heterocycles. The van der Waals surface area contributed by atoms with Gasteiger partial charge in [0.15, 0.2) is 0 Å². The van der Waals surface area contributed by atoms with Gasteiger partial charge in [0.1, 0.15) is 11.9 Å². The standard InChI is InChI=1S/C14H23N3O/c1-11-9-15-14(16-11)13-10-17(7-8-18-13)12-5-3-2-4-6-12/h9,12-13H,2-8,10H2,1H3,(H,15,16)/t13-/m1/s1. The van der Waals surface area contributed by atoms with Crippen LogP contribution in [0.15, 0.2) is 6.20 Å². The SMILES string of the molecule is Cc1cnc([C@H]2CN(C3CCCCC3)CCO2)[nH]1. The molecule has 0 bridgehead atoms. The highest BCUT2D eigenvalue weighted by atomic mass is 16.5. The number of hydrogen-bond acceptors (Lipinski definition) is 3. The Bertz CT molecular complexity index is 384. The molecule has 2 fully saturated rings. The number of ether oxygens (including phenoxy) is 1. The minimum atomic E-state index is 0.134. The van der Waals surface area contributed by atoms with Crippen LogP contribution in [0.5, 0.6) is 0 Å². The van der Waals surface area contributed by atoms with Crippen LogP contribution in [0.1, 0.15) is 49.7 Å².